The summed E-state index contributed by atoms with van der Waals surface area (Å²) in [6.07, 6.45) is 8.01. The number of hydrogen-bond acceptors (Lipinski definition) is 2. The third kappa shape index (κ3) is 2.35. The lowest BCUT2D eigenvalue weighted by Crippen LogP contribution is -2.60. The van der Waals surface area contributed by atoms with Crippen molar-refractivity contribution in [2.24, 2.45) is 0 Å². The van der Waals surface area contributed by atoms with Crippen molar-refractivity contribution in [2.75, 3.05) is 6.54 Å². The van der Waals surface area contributed by atoms with Crippen molar-refractivity contribution in [3.63, 3.8) is 0 Å². The molecular formula is C13H20N2O3. The minimum Gasteiger partial charge on any atom is -0.480 e. The summed E-state index contributed by atoms with van der Waals surface area (Å²) in [5.41, 5.74) is -1.06. The molecule has 2 N–H and O–H groups in total. The van der Waals surface area contributed by atoms with Crippen molar-refractivity contribution in [3.05, 3.63) is 12.2 Å². The molecule has 0 aromatic rings. The lowest BCUT2D eigenvalue weighted by atomic mass is 9.89. The van der Waals surface area contributed by atoms with E-state index in [1.165, 1.54) is 4.90 Å². The summed E-state index contributed by atoms with van der Waals surface area (Å²) in [4.78, 5) is 25.1. The molecule has 0 radical (unpaired) electrons. The topological polar surface area (TPSA) is 69.6 Å². The molecule has 0 bridgehead atoms. The van der Waals surface area contributed by atoms with Gasteiger partial charge in [-0.1, -0.05) is 12.2 Å². The number of amides is 2. The van der Waals surface area contributed by atoms with E-state index in [0.717, 1.165) is 25.7 Å². The van der Waals surface area contributed by atoms with Gasteiger partial charge in [0, 0.05) is 12.6 Å². The lowest BCUT2D eigenvalue weighted by Gasteiger charge is -2.41. The van der Waals surface area contributed by atoms with Gasteiger partial charge in [-0.05, 0) is 39.0 Å². The highest BCUT2D eigenvalue weighted by atomic mass is 16.4. The summed E-state index contributed by atoms with van der Waals surface area (Å²) in [6, 6.07) is -0.120. The van der Waals surface area contributed by atoms with Gasteiger partial charge in [-0.2, -0.15) is 0 Å². The third-order valence-corrected chi connectivity index (χ3v) is 3.93. The molecule has 0 aromatic carbocycles. The minimum atomic E-state index is -1.06. The summed E-state index contributed by atoms with van der Waals surface area (Å²) in [7, 11) is 0. The highest BCUT2D eigenvalue weighted by Gasteiger charge is 2.44. The second kappa shape index (κ2) is 5.00. The molecule has 2 rings (SSSR count). The number of carbonyl (C=O) groups excluding carboxylic acids is 1. The van der Waals surface area contributed by atoms with Crippen molar-refractivity contribution in [1.29, 1.82) is 0 Å². The normalized spacial score (nSPS) is 28.4. The van der Waals surface area contributed by atoms with Crippen LogP contribution >= 0.6 is 0 Å². The predicted octanol–water partition coefficient (Wildman–Crippen LogP) is 1.74. The lowest BCUT2D eigenvalue weighted by molar-refractivity contribution is -0.150. The molecule has 2 amide bonds. The van der Waals surface area contributed by atoms with Crippen molar-refractivity contribution >= 4 is 12.0 Å². The molecule has 5 heteroatoms. The van der Waals surface area contributed by atoms with Crippen LogP contribution in [0.25, 0.3) is 0 Å². The van der Waals surface area contributed by atoms with Crippen LogP contribution in [-0.4, -0.2) is 40.1 Å². The first kappa shape index (κ1) is 12.9. The molecule has 0 aromatic heterocycles. The maximum atomic E-state index is 12.2. The second-order valence-electron chi connectivity index (χ2n) is 5.28. The standard InChI is InChI=1S/C13H20N2O3/c1-13(11(16)17)8-4-5-9-15(13)12(18)14-10-6-2-3-7-10/h2-3,10H,4-9H2,1H3,(H,14,18)(H,16,17). The van der Waals surface area contributed by atoms with Gasteiger partial charge in [-0.25, -0.2) is 9.59 Å². The van der Waals surface area contributed by atoms with Crippen LogP contribution in [0.5, 0.6) is 0 Å². The number of hydrogen-bond donors (Lipinski definition) is 2. The Morgan fingerprint density at radius 1 is 1.33 bits per heavy atom. The Labute approximate surface area is 107 Å². The smallest absolute Gasteiger partial charge is 0.329 e. The summed E-state index contributed by atoms with van der Waals surface area (Å²) < 4.78 is 0. The van der Waals surface area contributed by atoms with E-state index in [1.807, 2.05) is 12.2 Å². The number of aliphatic carboxylic acids is 1. The number of nitrogens with zero attached hydrogens (tertiary/aromatic N) is 1. The Balaban J connectivity index is 2.04. The fourth-order valence-corrected chi connectivity index (χ4v) is 2.66. The SMILES string of the molecule is CC1(C(=O)O)CCCCN1C(=O)NC1CC=CC1. The van der Waals surface area contributed by atoms with E-state index < -0.39 is 11.5 Å². The summed E-state index contributed by atoms with van der Waals surface area (Å²) in [6.45, 7) is 2.16. The molecule has 18 heavy (non-hydrogen) atoms. The van der Waals surface area contributed by atoms with E-state index in [9.17, 15) is 14.7 Å². The zero-order valence-electron chi connectivity index (χ0n) is 10.7. The molecule has 1 heterocycles. The number of carbonyl (C=O) groups is 2. The Kier molecular flexibility index (Phi) is 3.59. The molecule has 1 fully saturated rings. The van der Waals surface area contributed by atoms with Crippen molar-refractivity contribution in [1.82, 2.24) is 10.2 Å². The second-order valence-corrected chi connectivity index (χ2v) is 5.28. The molecule has 1 atom stereocenters. The molecule has 1 saturated heterocycles. The van der Waals surface area contributed by atoms with Gasteiger partial charge in [0.05, 0.1) is 0 Å². The van der Waals surface area contributed by atoms with E-state index in [-0.39, 0.29) is 12.1 Å². The Morgan fingerprint density at radius 3 is 2.61 bits per heavy atom. The van der Waals surface area contributed by atoms with Crippen molar-refractivity contribution in [3.8, 4) is 0 Å². The monoisotopic (exact) mass is 252 g/mol. The van der Waals surface area contributed by atoms with Gasteiger partial charge in [-0.3, -0.25) is 0 Å². The quantitative estimate of drug-likeness (QED) is 0.735. The number of nitrogens with one attached hydrogen (secondary N) is 1. The zero-order chi connectivity index (χ0) is 13.2. The van der Waals surface area contributed by atoms with Gasteiger partial charge in [-0.15, -0.1) is 0 Å². The largest absolute Gasteiger partial charge is 0.480 e. The van der Waals surface area contributed by atoms with Crippen molar-refractivity contribution in [2.45, 2.75) is 50.6 Å². The minimum absolute atomic E-state index is 0.123. The van der Waals surface area contributed by atoms with E-state index in [4.69, 9.17) is 0 Å². The Hall–Kier alpha value is -1.52. The number of piperidine rings is 1. The van der Waals surface area contributed by atoms with Gasteiger partial charge in [0.1, 0.15) is 5.54 Å². The first-order chi connectivity index (χ1) is 8.54. The summed E-state index contributed by atoms with van der Waals surface area (Å²) in [5, 5.41) is 12.3. The van der Waals surface area contributed by atoms with Gasteiger partial charge in [0.15, 0.2) is 0 Å². The first-order valence-corrected chi connectivity index (χ1v) is 6.50. The maximum Gasteiger partial charge on any atom is 0.329 e. The van der Waals surface area contributed by atoms with Crippen LogP contribution in [0, 0.1) is 0 Å². The van der Waals surface area contributed by atoms with Crippen LogP contribution in [0.2, 0.25) is 0 Å². The maximum absolute atomic E-state index is 12.2. The Bertz CT molecular complexity index is 372. The number of carboxylic acid groups (broad SMARTS) is 1. The van der Waals surface area contributed by atoms with Crippen LogP contribution in [0.4, 0.5) is 4.79 Å². The summed E-state index contributed by atoms with van der Waals surface area (Å²) in [5.74, 6) is -0.915. The third-order valence-electron chi connectivity index (χ3n) is 3.93. The van der Waals surface area contributed by atoms with Gasteiger partial charge >= 0.3 is 12.0 Å². The van der Waals surface area contributed by atoms with Crippen LogP contribution in [0.3, 0.4) is 0 Å². The highest BCUT2D eigenvalue weighted by molar-refractivity contribution is 5.86. The number of likely N-dealkylation sites (tertiary alicyclic amines) is 1. The average molecular weight is 252 g/mol. The first-order valence-electron chi connectivity index (χ1n) is 6.50. The summed E-state index contributed by atoms with van der Waals surface area (Å²) >= 11 is 0. The van der Waals surface area contributed by atoms with Gasteiger partial charge < -0.3 is 15.3 Å². The molecule has 1 aliphatic carbocycles. The van der Waals surface area contributed by atoms with Crippen LogP contribution < -0.4 is 5.32 Å². The van der Waals surface area contributed by atoms with Crippen molar-refractivity contribution < 1.29 is 14.7 Å². The predicted molar refractivity (Wildman–Crippen MR) is 67.3 cm³/mol. The van der Waals surface area contributed by atoms with Crippen LogP contribution in [-0.2, 0) is 4.79 Å². The van der Waals surface area contributed by atoms with E-state index >= 15 is 0 Å². The van der Waals surface area contributed by atoms with E-state index in [1.54, 1.807) is 6.92 Å². The highest BCUT2D eigenvalue weighted by Crippen LogP contribution is 2.28. The van der Waals surface area contributed by atoms with Crippen LogP contribution in [0.15, 0.2) is 12.2 Å². The Morgan fingerprint density at radius 2 is 2.00 bits per heavy atom. The molecule has 2 aliphatic rings. The molecule has 1 unspecified atom stereocenters. The average Bonchev–Trinajstić information content (AvgIpc) is 2.82. The molecular weight excluding hydrogens is 232 g/mol. The zero-order valence-corrected chi connectivity index (χ0v) is 10.7. The number of rotatable bonds is 2. The van der Waals surface area contributed by atoms with E-state index in [2.05, 4.69) is 5.32 Å². The van der Waals surface area contributed by atoms with E-state index in [0.29, 0.717) is 13.0 Å². The van der Waals surface area contributed by atoms with Gasteiger partial charge in [0.25, 0.3) is 0 Å². The number of carboxylic acids is 1. The molecule has 0 spiro atoms. The molecule has 1 aliphatic heterocycles. The van der Waals surface area contributed by atoms with Crippen LogP contribution in [0.1, 0.15) is 39.0 Å². The molecule has 100 valence electrons. The fourth-order valence-electron chi connectivity index (χ4n) is 2.66. The number of urea groups is 1. The fraction of sp³-hybridized carbons (Fsp3) is 0.692. The molecule has 0 saturated carbocycles. The molecule has 5 nitrogen and oxygen atoms in total. The van der Waals surface area contributed by atoms with Gasteiger partial charge in [0.2, 0.25) is 0 Å².